The molecule has 5 nitrogen and oxygen atoms in total. The Labute approximate surface area is 143 Å². The largest absolute Gasteiger partial charge is 0.350 e. The molecule has 0 radical (unpaired) electrons. The molecule has 2 rings (SSSR count). The van der Waals surface area contributed by atoms with Gasteiger partial charge in [0.2, 0.25) is 5.91 Å². The molecular weight excluding hydrogens is 302 g/mol. The quantitative estimate of drug-likeness (QED) is 0.938. The average Bonchev–Trinajstić information content (AvgIpc) is 2.41. The number of aromatic nitrogens is 2. The van der Waals surface area contributed by atoms with Gasteiger partial charge in [0.15, 0.2) is 0 Å². The van der Waals surface area contributed by atoms with Crippen molar-refractivity contribution in [2.45, 2.75) is 60.0 Å². The van der Waals surface area contributed by atoms with Gasteiger partial charge in [-0.25, -0.2) is 4.68 Å². The van der Waals surface area contributed by atoms with Crippen molar-refractivity contribution in [3.63, 3.8) is 0 Å². The van der Waals surface area contributed by atoms with Crippen LogP contribution in [0.1, 0.15) is 46.7 Å². The summed E-state index contributed by atoms with van der Waals surface area (Å²) in [6.07, 6.45) is 0.838. The molecule has 0 bridgehead atoms. The minimum atomic E-state index is -0.342. The number of fused-ring (bicyclic) bond motifs is 1. The molecule has 0 saturated heterocycles. The number of rotatable bonds is 4. The van der Waals surface area contributed by atoms with Crippen LogP contribution in [0.4, 0.5) is 0 Å². The van der Waals surface area contributed by atoms with Crippen LogP contribution < -0.4 is 10.9 Å². The second-order valence-corrected chi connectivity index (χ2v) is 8.26. The number of hydrogen-bond donors (Lipinski definition) is 1. The van der Waals surface area contributed by atoms with E-state index in [0.29, 0.717) is 5.39 Å². The molecule has 0 saturated carbocycles. The summed E-state index contributed by atoms with van der Waals surface area (Å²) in [5, 5.41) is 8.72. The summed E-state index contributed by atoms with van der Waals surface area (Å²) < 4.78 is 1.25. The van der Waals surface area contributed by atoms with Crippen molar-refractivity contribution in [1.29, 1.82) is 0 Å². The van der Waals surface area contributed by atoms with Gasteiger partial charge in [-0.1, -0.05) is 39.0 Å². The highest BCUT2D eigenvalue weighted by molar-refractivity contribution is 5.83. The molecule has 2 aromatic rings. The molecule has 1 aromatic carbocycles. The van der Waals surface area contributed by atoms with E-state index >= 15 is 0 Å². The van der Waals surface area contributed by atoms with Crippen molar-refractivity contribution in [2.75, 3.05) is 0 Å². The minimum absolute atomic E-state index is 0.0713. The van der Waals surface area contributed by atoms with Gasteiger partial charge in [0.25, 0.3) is 5.56 Å². The highest BCUT2D eigenvalue weighted by atomic mass is 16.2. The van der Waals surface area contributed by atoms with E-state index in [4.69, 9.17) is 0 Å². The Hall–Kier alpha value is -2.17. The van der Waals surface area contributed by atoms with E-state index in [2.05, 4.69) is 31.2 Å². The minimum Gasteiger partial charge on any atom is -0.350 e. The van der Waals surface area contributed by atoms with Crippen LogP contribution in [-0.2, 0) is 11.3 Å². The number of carbonyl (C=O) groups excluding carboxylic acids is 1. The lowest BCUT2D eigenvalue weighted by atomic mass is 9.82. The normalized spacial score (nSPS) is 12.4. The zero-order valence-corrected chi connectivity index (χ0v) is 15.4. The van der Waals surface area contributed by atoms with Gasteiger partial charge in [-0.2, -0.15) is 5.10 Å². The summed E-state index contributed by atoms with van der Waals surface area (Å²) in [5.74, 6) is -0.200. The molecule has 1 aromatic heterocycles. The first-order valence-corrected chi connectivity index (χ1v) is 8.26. The van der Waals surface area contributed by atoms with Crippen LogP contribution in [0, 0.1) is 12.3 Å². The number of nitrogens with zero attached hydrogens (tertiary/aromatic N) is 2. The zero-order valence-electron chi connectivity index (χ0n) is 15.4. The molecule has 0 aliphatic carbocycles. The number of carbonyl (C=O) groups is 1. The number of aryl methyl sites for hydroxylation is 1. The van der Waals surface area contributed by atoms with Crippen LogP contribution in [0.2, 0.25) is 0 Å². The monoisotopic (exact) mass is 329 g/mol. The Morgan fingerprint density at radius 1 is 1.12 bits per heavy atom. The summed E-state index contributed by atoms with van der Waals surface area (Å²) in [6, 6.07) is 7.34. The van der Waals surface area contributed by atoms with Gasteiger partial charge in [0, 0.05) is 10.9 Å². The Morgan fingerprint density at radius 2 is 1.71 bits per heavy atom. The average molecular weight is 329 g/mol. The van der Waals surface area contributed by atoms with Gasteiger partial charge in [-0.3, -0.25) is 9.59 Å². The smallest absolute Gasteiger partial charge is 0.275 e. The molecular formula is C19H27N3O2. The van der Waals surface area contributed by atoms with Crippen molar-refractivity contribution in [3.8, 4) is 0 Å². The van der Waals surface area contributed by atoms with Gasteiger partial charge >= 0.3 is 0 Å². The van der Waals surface area contributed by atoms with Gasteiger partial charge in [-0.15, -0.1) is 0 Å². The predicted molar refractivity (Wildman–Crippen MR) is 97.0 cm³/mol. The molecule has 0 atom stereocenters. The maximum Gasteiger partial charge on any atom is 0.275 e. The lowest BCUT2D eigenvalue weighted by molar-refractivity contribution is -0.123. The lowest BCUT2D eigenvalue weighted by Crippen LogP contribution is -2.48. The van der Waals surface area contributed by atoms with Crippen LogP contribution in [0.15, 0.2) is 29.1 Å². The van der Waals surface area contributed by atoms with E-state index in [1.54, 1.807) is 6.07 Å². The van der Waals surface area contributed by atoms with E-state index in [9.17, 15) is 9.59 Å². The summed E-state index contributed by atoms with van der Waals surface area (Å²) in [6.45, 7) is 12.2. The summed E-state index contributed by atoms with van der Waals surface area (Å²) in [4.78, 5) is 24.9. The predicted octanol–water partition coefficient (Wildman–Crippen LogP) is 3.04. The summed E-state index contributed by atoms with van der Waals surface area (Å²) >= 11 is 0. The maximum absolute atomic E-state index is 12.5. The van der Waals surface area contributed by atoms with Crippen molar-refractivity contribution in [3.05, 3.63) is 40.3 Å². The zero-order chi connectivity index (χ0) is 18.1. The number of nitrogens with one attached hydrogen (secondary N) is 1. The van der Waals surface area contributed by atoms with Crippen LogP contribution in [0.5, 0.6) is 0 Å². The SMILES string of the molecule is Cc1nn(CC(=O)NC(C)(C)CC(C)(C)C)c(=O)c2ccccc12. The highest BCUT2D eigenvalue weighted by Crippen LogP contribution is 2.26. The van der Waals surface area contributed by atoms with Crippen LogP contribution in [0.3, 0.4) is 0 Å². The van der Waals surface area contributed by atoms with Gasteiger partial charge < -0.3 is 5.32 Å². The molecule has 130 valence electrons. The Balaban J connectivity index is 2.22. The second-order valence-electron chi connectivity index (χ2n) is 8.26. The van der Waals surface area contributed by atoms with Gasteiger partial charge in [0.1, 0.15) is 6.54 Å². The van der Waals surface area contributed by atoms with Crippen molar-refractivity contribution in [1.82, 2.24) is 15.1 Å². The molecule has 1 heterocycles. The standard InChI is InChI=1S/C19H27N3O2/c1-13-14-9-7-8-10-15(14)17(24)22(21-13)11-16(23)20-19(5,6)12-18(2,3)4/h7-10H,11-12H2,1-6H3,(H,20,23). The van der Waals surface area contributed by atoms with Crippen molar-refractivity contribution < 1.29 is 4.79 Å². The Bertz CT molecular complexity index is 813. The number of hydrogen-bond acceptors (Lipinski definition) is 3. The number of benzene rings is 1. The third-order valence-corrected chi connectivity index (χ3v) is 3.80. The summed E-state index contributed by atoms with van der Waals surface area (Å²) in [7, 11) is 0. The molecule has 0 unspecified atom stereocenters. The molecule has 0 aliphatic rings. The fourth-order valence-corrected chi connectivity index (χ4v) is 3.43. The van der Waals surface area contributed by atoms with E-state index < -0.39 is 0 Å². The van der Waals surface area contributed by atoms with Gasteiger partial charge in [-0.05, 0) is 38.7 Å². The van der Waals surface area contributed by atoms with Crippen molar-refractivity contribution in [2.24, 2.45) is 5.41 Å². The van der Waals surface area contributed by atoms with E-state index in [-0.39, 0.29) is 29.0 Å². The molecule has 0 aliphatic heterocycles. The highest BCUT2D eigenvalue weighted by Gasteiger charge is 2.27. The summed E-state index contributed by atoms with van der Waals surface area (Å²) in [5.41, 5.74) is 0.267. The molecule has 0 fully saturated rings. The Morgan fingerprint density at radius 3 is 2.29 bits per heavy atom. The molecule has 5 heteroatoms. The molecule has 1 amide bonds. The van der Waals surface area contributed by atoms with Crippen LogP contribution >= 0.6 is 0 Å². The van der Waals surface area contributed by atoms with Crippen LogP contribution in [-0.4, -0.2) is 21.2 Å². The first-order valence-electron chi connectivity index (χ1n) is 8.26. The second kappa shape index (κ2) is 6.38. The number of amides is 1. The lowest BCUT2D eigenvalue weighted by Gasteiger charge is -2.33. The first kappa shape index (κ1) is 18.2. The fourth-order valence-electron chi connectivity index (χ4n) is 3.43. The third-order valence-electron chi connectivity index (χ3n) is 3.80. The molecule has 1 N–H and O–H groups in total. The van der Waals surface area contributed by atoms with Crippen LogP contribution in [0.25, 0.3) is 10.8 Å². The van der Waals surface area contributed by atoms with Crippen molar-refractivity contribution >= 4 is 16.7 Å². The Kier molecular flexibility index (Phi) is 4.83. The molecule has 24 heavy (non-hydrogen) atoms. The fraction of sp³-hybridized carbons (Fsp3) is 0.526. The molecule has 0 spiro atoms. The first-order chi connectivity index (χ1) is 11.0. The maximum atomic E-state index is 12.5. The van der Waals surface area contributed by atoms with E-state index in [1.165, 1.54) is 4.68 Å². The van der Waals surface area contributed by atoms with E-state index in [1.807, 2.05) is 39.0 Å². The van der Waals surface area contributed by atoms with Gasteiger partial charge in [0.05, 0.1) is 11.1 Å². The topological polar surface area (TPSA) is 64.0 Å². The van der Waals surface area contributed by atoms with E-state index in [0.717, 1.165) is 17.5 Å². The third kappa shape index (κ3) is 4.43.